The van der Waals surface area contributed by atoms with E-state index in [4.69, 9.17) is 9.84 Å². The number of carbonyl (C=O) groups excluding carboxylic acids is 1. The van der Waals surface area contributed by atoms with Crippen molar-refractivity contribution in [2.45, 2.75) is 38.3 Å². The number of amides is 2. The van der Waals surface area contributed by atoms with Crippen molar-refractivity contribution >= 4 is 12.0 Å². The Bertz CT molecular complexity index is 371. The normalized spacial score (nSPS) is 24.8. The first-order valence-electron chi connectivity index (χ1n) is 7.66. The molecule has 7 heteroatoms. The molecule has 2 aliphatic rings. The first kappa shape index (κ1) is 16.0. The van der Waals surface area contributed by atoms with E-state index in [9.17, 15) is 9.59 Å². The third kappa shape index (κ3) is 4.86. The monoisotopic (exact) mass is 299 g/mol. The summed E-state index contributed by atoms with van der Waals surface area (Å²) < 4.78 is 5.37. The lowest BCUT2D eigenvalue weighted by molar-refractivity contribution is -0.141. The van der Waals surface area contributed by atoms with E-state index in [0.717, 1.165) is 13.1 Å². The molecule has 2 aliphatic heterocycles. The predicted molar refractivity (Wildman–Crippen MR) is 77.2 cm³/mol. The number of hydrogen-bond donors (Lipinski definition) is 2. The van der Waals surface area contributed by atoms with E-state index in [2.05, 4.69) is 17.1 Å². The van der Waals surface area contributed by atoms with Gasteiger partial charge in [-0.2, -0.15) is 0 Å². The Hall–Kier alpha value is -1.34. The van der Waals surface area contributed by atoms with E-state index in [1.807, 2.05) is 0 Å². The molecule has 2 atom stereocenters. The van der Waals surface area contributed by atoms with Crippen molar-refractivity contribution in [1.29, 1.82) is 0 Å². The average Bonchev–Trinajstić information content (AvgIpc) is 2.98. The Morgan fingerprint density at radius 1 is 1.33 bits per heavy atom. The summed E-state index contributed by atoms with van der Waals surface area (Å²) in [5, 5.41) is 11.7. The maximum atomic E-state index is 12.1. The van der Waals surface area contributed by atoms with Crippen LogP contribution in [0.25, 0.3) is 0 Å². The fourth-order valence-corrected chi connectivity index (χ4v) is 2.88. The van der Waals surface area contributed by atoms with Gasteiger partial charge in [-0.25, -0.2) is 4.79 Å². The summed E-state index contributed by atoms with van der Waals surface area (Å²) in [5.74, 6) is -0.898. The molecular formula is C14H25N3O4. The molecule has 2 heterocycles. The minimum absolute atomic E-state index is 0.0615. The zero-order chi connectivity index (χ0) is 15.2. The Kier molecular flexibility index (Phi) is 5.81. The van der Waals surface area contributed by atoms with Crippen LogP contribution >= 0.6 is 0 Å². The van der Waals surface area contributed by atoms with Gasteiger partial charge in [0.2, 0.25) is 0 Å². The molecule has 7 nitrogen and oxygen atoms in total. The smallest absolute Gasteiger partial charge is 0.317 e. The molecule has 120 valence electrons. The van der Waals surface area contributed by atoms with E-state index in [1.165, 1.54) is 12.8 Å². The molecular weight excluding hydrogens is 274 g/mol. The number of carboxylic acid groups (broad SMARTS) is 1. The van der Waals surface area contributed by atoms with E-state index >= 15 is 0 Å². The summed E-state index contributed by atoms with van der Waals surface area (Å²) >= 11 is 0. The van der Waals surface area contributed by atoms with E-state index in [0.29, 0.717) is 32.3 Å². The van der Waals surface area contributed by atoms with E-state index < -0.39 is 12.1 Å². The minimum Gasteiger partial charge on any atom is -0.481 e. The van der Waals surface area contributed by atoms with Gasteiger partial charge in [0.05, 0.1) is 19.1 Å². The van der Waals surface area contributed by atoms with Gasteiger partial charge in [0.25, 0.3) is 0 Å². The summed E-state index contributed by atoms with van der Waals surface area (Å²) in [6.45, 7) is 6.21. The van der Waals surface area contributed by atoms with Crippen LogP contribution in [0, 0.1) is 0 Å². The average molecular weight is 299 g/mol. The van der Waals surface area contributed by atoms with Gasteiger partial charge < -0.3 is 20.1 Å². The fourth-order valence-electron chi connectivity index (χ4n) is 2.88. The first-order valence-corrected chi connectivity index (χ1v) is 7.66. The molecule has 0 aromatic rings. The van der Waals surface area contributed by atoms with Crippen LogP contribution in [0.1, 0.15) is 26.2 Å². The maximum Gasteiger partial charge on any atom is 0.317 e. The van der Waals surface area contributed by atoms with Crippen LogP contribution in [-0.2, 0) is 9.53 Å². The number of rotatable bonds is 5. The molecule has 0 aliphatic carbocycles. The largest absolute Gasteiger partial charge is 0.481 e. The number of carbonyl (C=O) groups is 2. The lowest BCUT2D eigenvalue weighted by atomic mass is 10.2. The molecule has 0 aromatic heterocycles. The van der Waals surface area contributed by atoms with E-state index in [1.54, 1.807) is 4.90 Å². The van der Waals surface area contributed by atoms with Crippen LogP contribution < -0.4 is 5.32 Å². The third-order valence-electron chi connectivity index (χ3n) is 4.14. The molecule has 2 rings (SSSR count). The SMILES string of the molecule is CC(CNC(=O)N1CCOC(CC(=O)O)C1)N1CCCC1. The van der Waals surface area contributed by atoms with Crippen LogP contribution in [-0.4, -0.2) is 78.4 Å². The lowest BCUT2D eigenvalue weighted by Crippen LogP contribution is -2.52. The number of carboxylic acids is 1. The third-order valence-corrected chi connectivity index (χ3v) is 4.14. The van der Waals surface area contributed by atoms with Gasteiger partial charge >= 0.3 is 12.0 Å². The second-order valence-electron chi connectivity index (χ2n) is 5.81. The number of urea groups is 1. The van der Waals surface area contributed by atoms with Gasteiger partial charge in [0, 0.05) is 25.7 Å². The van der Waals surface area contributed by atoms with Gasteiger partial charge in [-0.05, 0) is 32.9 Å². The van der Waals surface area contributed by atoms with Gasteiger partial charge in [-0.3, -0.25) is 9.69 Å². The molecule has 0 saturated carbocycles. The molecule has 2 N–H and O–H groups in total. The molecule has 2 unspecified atom stereocenters. The zero-order valence-corrected chi connectivity index (χ0v) is 12.6. The van der Waals surface area contributed by atoms with Crippen molar-refractivity contribution in [3.8, 4) is 0 Å². The Balaban J connectivity index is 1.73. The lowest BCUT2D eigenvalue weighted by Gasteiger charge is -2.33. The zero-order valence-electron chi connectivity index (χ0n) is 12.6. The number of nitrogens with one attached hydrogen (secondary N) is 1. The maximum absolute atomic E-state index is 12.1. The van der Waals surface area contributed by atoms with Gasteiger partial charge in [0.15, 0.2) is 0 Å². The molecule has 0 spiro atoms. The summed E-state index contributed by atoms with van der Waals surface area (Å²) in [6, 6.07) is 0.215. The van der Waals surface area contributed by atoms with Gasteiger partial charge in [0.1, 0.15) is 0 Å². The highest BCUT2D eigenvalue weighted by atomic mass is 16.5. The highest BCUT2D eigenvalue weighted by Crippen LogP contribution is 2.11. The summed E-state index contributed by atoms with van der Waals surface area (Å²) in [4.78, 5) is 26.9. The Labute approximate surface area is 125 Å². The fraction of sp³-hybridized carbons (Fsp3) is 0.857. The molecule has 2 amide bonds. The van der Waals surface area contributed by atoms with Crippen molar-refractivity contribution in [3.63, 3.8) is 0 Å². The Morgan fingerprint density at radius 2 is 2.05 bits per heavy atom. The highest BCUT2D eigenvalue weighted by Gasteiger charge is 2.26. The summed E-state index contributed by atoms with van der Waals surface area (Å²) in [5.41, 5.74) is 0. The van der Waals surface area contributed by atoms with Crippen molar-refractivity contribution < 1.29 is 19.4 Å². The number of ether oxygens (including phenoxy) is 1. The Morgan fingerprint density at radius 3 is 2.71 bits per heavy atom. The first-order chi connectivity index (χ1) is 10.1. The molecule has 2 saturated heterocycles. The van der Waals surface area contributed by atoms with Gasteiger partial charge in [-0.1, -0.05) is 0 Å². The van der Waals surface area contributed by atoms with Crippen molar-refractivity contribution in [3.05, 3.63) is 0 Å². The quantitative estimate of drug-likeness (QED) is 0.766. The van der Waals surface area contributed by atoms with Gasteiger partial charge in [-0.15, -0.1) is 0 Å². The topological polar surface area (TPSA) is 82.1 Å². The van der Waals surface area contributed by atoms with Crippen LogP contribution in [0.3, 0.4) is 0 Å². The number of nitrogens with zero attached hydrogens (tertiary/aromatic N) is 2. The predicted octanol–water partition coefficient (Wildman–Crippen LogP) is 0.356. The van der Waals surface area contributed by atoms with E-state index in [-0.39, 0.29) is 12.5 Å². The van der Waals surface area contributed by atoms with Crippen molar-refractivity contribution in [2.75, 3.05) is 39.3 Å². The van der Waals surface area contributed by atoms with Crippen molar-refractivity contribution in [1.82, 2.24) is 15.1 Å². The number of hydrogen-bond acceptors (Lipinski definition) is 4. The second-order valence-corrected chi connectivity index (χ2v) is 5.81. The highest BCUT2D eigenvalue weighted by molar-refractivity contribution is 5.74. The number of likely N-dealkylation sites (tertiary alicyclic amines) is 1. The van der Waals surface area contributed by atoms with Crippen LogP contribution in [0.5, 0.6) is 0 Å². The number of aliphatic carboxylic acids is 1. The molecule has 2 fully saturated rings. The summed E-state index contributed by atoms with van der Waals surface area (Å²) in [6.07, 6.45) is 2.00. The van der Waals surface area contributed by atoms with Crippen LogP contribution in [0.2, 0.25) is 0 Å². The van der Waals surface area contributed by atoms with Crippen molar-refractivity contribution in [2.24, 2.45) is 0 Å². The minimum atomic E-state index is -0.898. The number of morpholine rings is 1. The molecule has 0 radical (unpaired) electrons. The van der Waals surface area contributed by atoms with Crippen LogP contribution in [0.15, 0.2) is 0 Å². The summed E-state index contributed by atoms with van der Waals surface area (Å²) in [7, 11) is 0. The van der Waals surface area contributed by atoms with Crippen LogP contribution in [0.4, 0.5) is 4.79 Å². The molecule has 0 bridgehead atoms. The molecule has 21 heavy (non-hydrogen) atoms. The second kappa shape index (κ2) is 7.61. The standard InChI is InChI=1S/C14H25N3O4/c1-11(16-4-2-3-5-16)9-15-14(20)17-6-7-21-12(10-17)8-13(18)19/h11-12H,2-10H2,1H3,(H,15,20)(H,18,19). The molecule has 0 aromatic carbocycles.